The number of nitrogens with two attached hydrogens (primary N) is 1. The predicted molar refractivity (Wildman–Crippen MR) is 383 cm³/mol. The average Bonchev–Trinajstić information content (AvgIpc) is 0.761. The van der Waals surface area contributed by atoms with Crippen LogP contribution in [0.15, 0.2) is 78.9 Å². The van der Waals surface area contributed by atoms with E-state index >= 15 is 28.8 Å². The largest absolute Gasteiger partial charge is 0.508 e. The summed E-state index contributed by atoms with van der Waals surface area (Å²) in [6.07, 6.45) is -13.3. The lowest BCUT2D eigenvalue weighted by molar-refractivity contribution is -0.277. The molecule has 6 heterocycles. The average molecular weight is 1540 g/mol. The van der Waals surface area contributed by atoms with Crippen molar-refractivity contribution >= 4 is 76.2 Å². The van der Waals surface area contributed by atoms with Gasteiger partial charge in [-0.3, -0.25) is 43.3 Å². The number of hydrogen-bond acceptors (Lipinski definition) is 23. The van der Waals surface area contributed by atoms with Gasteiger partial charge < -0.3 is 96.6 Å². The molecule has 108 heavy (non-hydrogen) atoms. The SMILES string of the molecule is CC(C)C[C@H](C(=O)N[C@H]1C(=O)C[C@@H](CC(N)=O)C(=O)N[C@H]2C(=O)C[C@H]3C(=O)N[C@@H](C(=O)N[C@H](C(=O)CC4C5CC6CC(C5)CC4C6)c4cc(O)cc(O)c4-c4cc3ccc4O)[C@H](O)c3ccc(c(Cl)c3)Oc3cc2cc(c3OC2OC(CO)C(O)C(O)C2O)Oc2ccc(cc2Cl)[C@H]1O)N(C)C(=O)OC(C)(C)C. The molecule has 15 rings (SSSR count). The van der Waals surface area contributed by atoms with Gasteiger partial charge in [0, 0.05) is 49.9 Å². The summed E-state index contributed by atoms with van der Waals surface area (Å²) < 4.78 is 30.9. The Morgan fingerprint density at radius 2 is 1.29 bits per heavy atom. The minimum absolute atomic E-state index is 0.0198. The number of aliphatic hydroxyl groups excluding tert-OH is 6. The number of ether oxygens (including phenoxy) is 5. The second kappa shape index (κ2) is 31.4. The van der Waals surface area contributed by atoms with E-state index in [0.717, 1.165) is 79.5 Å². The number of likely N-dealkylation sites (N-methyl/N-ethyl adjacent to an activating group) is 1. The number of phenolic OH excluding ortho intramolecular Hbond substituents is 3. The van der Waals surface area contributed by atoms with E-state index in [1.165, 1.54) is 43.4 Å². The quantitative estimate of drug-likeness (QED) is 0.0603. The summed E-state index contributed by atoms with van der Waals surface area (Å²) in [6, 6.07) is 5.48. The van der Waals surface area contributed by atoms with E-state index in [-0.39, 0.29) is 97.0 Å². The fraction of sp³-hybridized carbons (Fsp3) is 0.494. The number of ketones is 3. The van der Waals surface area contributed by atoms with Crippen LogP contribution in [0.2, 0.25) is 10.0 Å². The second-order valence-electron chi connectivity index (χ2n) is 31.0. The Hall–Kier alpha value is -9.17. The number of Topliss-reactive ketones (excluding diaryl/α,β-unsaturated/α-hetero) is 3. The van der Waals surface area contributed by atoms with Crippen molar-refractivity contribution in [1.29, 1.82) is 0 Å². The van der Waals surface area contributed by atoms with E-state index in [1.54, 1.807) is 34.6 Å². The van der Waals surface area contributed by atoms with Crippen LogP contribution in [0.5, 0.6) is 46.0 Å². The number of nitrogens with one attached hydrogen (secondary N) is 4. The van der Waals surface area contributed by atoms with Crippen LogP contribution in [0.4, 0.5) is 4.79 Å². The molecule has 31 heteroatoms. The van der Waals surface area contributed by atoms with Crippen molar-refractivity contribution in [2.24, 2.45) is 47.2 Å². The van der Waals surface area contributed by atoms with Gasteiger partial charge in [-0.05, 0) is 177 Å². The monoisotopic (exact) mass is 1530 g/mol. The van der Waals surface area contributed by atoms with Gasteiger partial charge in [-0.1, -0.05) is 55.2 Å². The summed E-state index contributed by atoms with van der Waals surface area (Å²) in [5, 5.41) is 114. The first kappa shape index (κ1) is 78.4. The molecule has 5 unspecified atom stereocenters. The number of carbonyl (C=O) groups excluding carboxylic acids is 9. The third kappa shape index (κ3) is 16.4. The second-order valence-corrected chi connectivity index (χ2v) is 31.8. The van der Waals surface area contributed by atoms with Gasteiger partial charge in [-0.15, -0.1) is 0 Å². The first-order valence-electron chi connectivity index (χ1n) is 35.9. The first-order valence-corrected chi connectivity index (χ1v) is 36.7. The normalized spacial score (nSPS) is 29.3. The number of amides is 6. The fourth-order valence-electron chi connectivity index (χ4n) is 16.5. The highest BCUT2D eigenvalue weighted by Crippen LogP contribution is 2.58. The minimum Gasteiger partial charge on any atom is -0.508 e. The Bertz CT molecular complexity index is 4370. The summed E-state index contributed by atoms with van der Waals surface area (Å²) in [6.45, 7) is 7.40. The van der Waals surface area contributed by atoms with Crippen molar-refractivity contribution in [1.82, 2.24) is 26.2 Å². The molecule has 15 bridgehead atoms. The zero-order chi connectivity index (χ0) is 78.0. The number of benzene rings is 5. The third-order valence-corrected chi connectivity index (χ3v) is 22.3. The molecule has 5 aromatic rings. The molecule has 0 spiro atoms. The van der Waals surface area contributed by atoms with Gasteiger partial charge in [-0.25, -0.2) is 4.79 Å². The Labute approximate surface area is 630 Å². The Morgan fingerprint density at radius 3 is 1.87 bits per heavy atom. The van der Waals surface area contributed by atoms with E-state index in [0.29, 0.717) is 11.8 Å². The van der Waals surface area contributed by atoms with E-state index in [1.807, 2.05) is 0 Å². The molecule has 6 aliphatic heterocycles. The number of carbonyl (C=O) groups is 9. The number of nitrogens with zero attached hydrogens (tertiary/aromatic N) is 1. The Morgan fingerprint density at radius 1 is 0.676 bits per heavy atom. The molecule has 4 aliphatic carbocycles. The maximum Gasteiger partial charge on any atom is 0.410 e. The number of aromatic hydroxyl groups is 3. The summed E-state index contributed by atoms with van der Waals surface area (Å²) in [4.78, 5) is 137. The topological polar surface area (TPSA) is 459 Å². The molecular formula is C77H88Cl2N6O23. The summed E-state index contributed by atoms with van der Waals surface area (Å²) >= 11 is 14.2. The van der Waals surface area contributed by atoms with Crippen LogP contribution in [0.3, 0.4) is 0 Å². The first-order chi connectivity index (χ1) is 51.0. The molecule has 578 valence electrons. The van der Waals surface area contributed by atoms with Crippen LogP contribution in [-0.4, -0.2) is 172 Å². The molecule has 1 saturated heterocycles. The minimum atomic E-state index is -2.18. The van der Waals surface area contributed by atoms with Gasteiger partial charge in [0.2, 0.25) is 41.6 Å². The van der Waals surface area contributed by atoms with Gasteiger partial charge in [0.05, 0.1) is 28.5 Å². The highest BCUT2D eigenvalue weighted by Gasteiger charge is 2.51. The van der Waals surface area contributed by atoms with Gasteiger partial charge in [0.25, 0.3) is 0 Å². The standard InChI is InChI=1S/C77H88Cl2N6O23/c1-31(2)13-48(85(6)76(103)108-77(3,4)5)73(101)83-63-51(90)22-40(25-59(80)93)71(99)81-61-39-23-56(104-54-11-8-35(65(63)94)20-46(54)78)70(107-75-69(98)68(97)67(96)58(30-86)106-75)57(24-39)105-55-12-9-36(21-47(55)79)66(95)64-74(102)82-62(53(92)28-42-37-15-32-14-33(17-37)18-38(42)16-32)45-26-41(87)27-50(89)60(45)44-19-34(7-10-49(44)88)43(29-52(61)91)72(100)84-64/h7-12,19-21,23-24,26-27,31-33,37-38,40,42-43,48,58,61-69,75,86-89,94-98H,13-18,22,25,28-30H2,1-6H3,(H2,80,93)(H,81,99)(H,82,102)(H,83,101)(H,84,100)/t32?,33?,37?,38?,40-,42?,43+,48+,58?,61+,62-,63-,64+,65+,66+,67?,68?,69?,75?/m0/s1. The van der Waals surface area contributed by atoms with Gasteiger partial charge in [-0.2, -0.15) is 0 Å². The molecule has 10 aliphatic rings. The molecular weight excluding hydrogens is 1450 g/mol. The highest BCUT2D eigenvalue weighted by molar-refractivity contribution is 6.32. The Kier molecular flexibility index (Phi) is 22.8. The van der Waals surface area contributed by atoms with Gasteiger partial charge in [0.1, 0.15) is 101 Å². The van der Waals surface area contributed by atoms with Crippen LogP contribution in [0.1, 0.15) is 157 Å². The maximum absolute atomic E-state index is 16.3. The number of aliphatic hydroxyl groups is 6. The maximum atomic E-state index is 16.3. The molecule has 15 N–H and O–H groups in total. The molecule has 6 amide bonds. The summed E-state index contributed by atoms with van der Waals surface area (Å²) in [5.41, 5.74) is 3.19. The number of rotatable bonds is 13. The van der Waals surface area contributed by atoms with Crippen LogP contribution in [0.25, 0.3) is 11.1 Å². The molecule has 29 nitrogen and oxygen atoms in total. The zero-order valence-corrected chi connectivity index (χ0v) is 61.4. The van der Waals surface area contributed by atoms with E-state index in [2.05, 4.69) is 21.3 Å². The zero-order valence-electron chi connectivity index (χ0n) is 59.9. The van der Waals surface area contributed by atoms with Crippen molar-refractivity contribution < 1.29 is 113 Å². The van der Waals surface area contributed by atoms with Crippen LogP contribution < -0.4 is 41.2 Å². The smallest absolute Gasteiger partial charge is 0.410 e. The van der Waals surface area contributed by atoms with Crippen LogP contribution in [0, 0.1) is 41.4 Å². The molecule has 0 aromatic heterocycles. The lowest BCUT2D eigenvalue weighted by atomic mass is 9.51. The third-order valence-electron chi connectivity index (χ3n) is 21.7. The number of primary amides is 1. The van der Waals surface area contributed by atoms with Gasteiger partial charge >= 0.3 is 6.09 Å². The van der Waals surface area contributed by atoms with Crippen LogP contribution >= 0.6 is 23.2 Å². The summed E-state index contributed by atoms with van der Waals surface area (Å²) in [7, 11) is 1.30. The molecule has 14 atom stereocenters. The van der Waals surface area contributed by atoms with Crippen molar-refractivity contribution in [2.45, 2.75) is 183 Å². The molecule has 5 aromatic carbocycles. The summed E-state index contributed by atoms with van der Waals surface area (Å²) in [5.74, 6) is -15.7. The number of fused-ring (bicyclic) bond motifs is 15. The van der Waals surface area contributed by atoms with Crippen molar-refractivity contribution in [3.05, 3.63) is 117 Å². The van der Waals surface area contributed by atoms with Crippen molar-refractivity contribution in [3.8, 4) is 57.1 Å². The van der Waals surface area contributed by atoms with Crippen molar-refractivity contribution in [3.63, 3.8) is 0 Å². The molecule has 5 fully saturated rings. The predicted octanol–water partition coefficient (Wildman–Crippen LogP) is 6.44. The number of hydrogen-bond donors (Lipinski definition) is 14. The fourth-order valence-corrected chi connectivity index (χ4v) is 17.0. The Balaban J connectivity index is 1.04. The lowest BCUT2D eigenvalue weighted by Gasteiger charge is -2.54. The van der Waals surface area contributed by atoms with E-state index in [9.17, 15) is 60.3 Å². The van der Waals surface area contributed by atoms with E-state index < -0.39 is 204 Å². The lowest BCUT2D eigenvalue weighted by Crippen LogP contribution is -2.60. The van der Waals surface area contributed by atoms with Crippen LogP contribution in [-0.2, 0) is 47.8 Å². The molecule has 4 saturated carbocycles. The highest BCUT2D eigenvalue weighted by atomic mass is 35.5. The number of halogens is 2. The molecule has 0 radical (unpaired) electrons. The van der Waals surface area contributed by atoms with E-state index in [4.69, 9.17) is 52.6 Å². The number of phenols is 3. The van der Waals surface area contributed by atoms with Crippen molar-refractivity contribution in [2.75, 3.05) is 13.7 Å². The van der Waals surface area contributed by atoms with Gasteiger partial charge in [0.15, 0.2) is 28.8 Å².